The maximum absolute atomic E-state index is 10.7. The number of rotatable bonds is 6. The van der Waals surface area contributed by atoms with E-state index in [1.54, 1.807) is 0 Å². The van der Waals surface area contributed by atoms with Gasteiger partial charge in [-0.3, -0.25) is 4.55 Å². The fourth-order valence-corrected chi connectivity index (χ4v) is 1.91. The van der Waals surface area contributed by atoms with E-state index in [1.165, 1.54) is 0 Å². The molecular formula is C6H15NO6S. The summed E-state index contributed by atoms with van der Waals surface area (Å²) < 4.78 is 30.1. The fourth-order valence-electron chi connectivity index (χ4n) is 1.01. The second kappa shape index (κ2) is 5.01. The molecule has 8 heteroatoms. The number of nitrogens with two attached hydrogens (primary N) is 1. The number of hydrogen-bond acceptors (Lipinski definition) is 6. The van der Waals surface area contributed by atoms with Crippen molar-refractivity contribution in [3.63, 3.8) is 0 Å². The van der Waals surface area contributed by atoms with Crippen molar-refractivity contribution in [2.24, 2.45) is 5.73 Å². The highest BCUT2D eigenvalue weighted by molar-refractivity contribution is 7.86. The maximum atomic E-state index is 10.7. The van der Waals surface area contributed by atoms with E-state index in [0.717, 1.165) is 0 Å². The Morgan fingerprint density at radius 3 is 2.07 bits per heavy atom. The monoisotopic (exact) mass is 229 g/mol. The fraction of sp³-hybridized carbons (Fsp3) is 1.00. The van der Waals surface area contributed by atoms with E-state index >= 15 is 0 Å². The third kappa shape index (κ3) is 6.24. The summed E-state index contributed by atoms with van der Waals surface area (Å²) in [6, 6.07) is 0. The molecule has 0 aliphatic carbocycles. The molecule has 0 saturated carbocycles. The summed E-state index contributed by atoms with van der Waals surface area (Å²) in [5.74, 6) is -3.10. The first-order valence-electron chi connectivity index (χ1n) is 4.00. The molecule has 14 heavy (non-hydrogen) atoms. The first kappa shape index (κ1) is 13.8. The van der Waals surface area contributed by atoms with Gasteiger partial charge in [-0.05, 0) is 19.4 Å². The van der Waals surface area contributed by atoms with Crippen LogP contribution in [0.5, 0.6) is 0 Å². The zero-order chi connectivity index (χ0) is 11.4. The summed E-state index contributed by atoms with van der Waals surface area (Å²) in [7, 11) is -4.41. The summed E-state index contributed by atoms with van der Waals surface area (Å²) in [6.07, 6.45) is -0.620. The molecule has 0 aliphatic rings. The number of aliphatic hydroxyl groups is 3. The molecule has 0 rings (SSSR count). The van der Waals surface area contributed by atoms with Crippen LogP contribution in [0.3, 0.4) is 0 Å². The predicted molar refractivity (Wildman–Crippen MR) is 47.6 cm³/mol. The Balaban J connectivity index is 4.43. The van der Waals surface area contributed by atoms with Gasteiger partial charge in [-0.25, -0.2) is 0 Å². The van der Waals surface area contributed by atoms with Crippen molar-refractivity contribution < 1.29 is 28.3 Å². The van der Waals surface area contributed by atoms with Crippen LogP contribution in [0.2, 0.25) is 0 Å². The minimum absolute atomic E-state index is 0.0429. The van der Waals surface area contributed by atoms with Crippen LogP contribution >= 0.6 is 0 Å². The molecule has 7 nitrogen and oxygen atoms in total. The van der Waals surface area contributed by atoms with Crippen molar-refractivity contribution in [1.29, 1.82) is 0 Å². The van der Waals surface area contributed by atoms with Crippen LogP contribution < -0.4 is 5.73 Å². The largest absolute Gasteiger partial charge is 0.344 e. The van der Waals surface area contributed by atoms with Crippen LogP contribution in [0.15, 0.2) is 0 Å². The third-order valence-electron chi connectivity index (χ3n) is 1.65. The first-order valence-corrected chi connectivity index (χ1v) is 5.50. The van der Waals surface area contributed by atoms with E-state index in [2.05, 4.69) is 0 Å². The molecule has 0 aliphatic heterocycles. The Labute approximate surface area is 81.9 Å². The lowest BCUT2D eigenvalue weighted by Crippen LogP contribution is -2.36. The molecule has 0 fully saturated rings. The van der Waals surface area contributed by atoms with Gasteiger partial charge in [0.2, 0.25) is 0 Å². The SMILES string of the molecule is NCCCC(CC(O)(O)O)S(=O)(=O)O. The Morgan fingerprint density at radius 1 is 1.29 bits per heavy atom. The summed E-state index contributed by atoms with van der Waals surface area (Å²) in [5, 5.41) is 24.2. The highest BCUT2D eigenvalue weighted by Gasteiger charge is 2.32. The van der Waals surface area contributed by atoms with Crippen LogP contribution in [0.4, 0.5) is 0 Å². The van der Waals surface area contributed by atoms with E-state index in [1.807, 2.05) is 0 Å². The van der Waals surface area contributed by atoms with Gasteiger partial charge in [-0.15, -0.1) is 0 Å². The van der Waals surface area contributed by atoms with Gasteiger partial charge in [0, 0.05) is 6.42 Å². The van der Waals surface area contributed by atoms with E-state index in [0.29, 0.717) is 6.42 Å². The first-order chi connectivity index (χ1) is 6.17. The molecule has 0 spiro atoms. The summed E-state index contributed by atoms with van der Waals surface area (Å²) >= 11 is 0. The van der Waals surface area contributed by atoms with Gasteiger partial charge in [0.1, 0.15) is 0 Å². The normalized spacial score (nSPS) is 15.5. The van der Waals surface area contributed by atoms with Crippen LogP contribution in [-0.2, 0) is 10.1 Å². The third-order valence-corrected chi connectivity index (χ3v) is 2.90. The van der Waals surface area contributed by atoms with Crippen molar-refractivity contribution in [1.82, 2.24) is 0 Å². The standard InChI is InChI=1S/C6H15NO6S/c7-3-1-2-5(14(11,12)13)4-6(8,9)10/h5,8-10H,1-4,7H2,(H,11,12,13). The van der Waals surface area contributed by atoms with Crippen molar-refractivity contribution in [3.8, 4) is 0 Å². The zero-order valence-corrected chi connectivity index (χ0v) is 8.31. The average molecular weight is 229 g/mol. The smallest absolute Gasteiger partial charge is 0.276 e. The van der Waals surface area contributed by atoms with E-state index < -0.39 is 27.8 Å². The average Bonchev–Trinajstić information content (AvgIpc) is 1.93. The molecule has 0 aromatic rings. The predicted octanol–water partition coefficient (Wildman–Crippen LogP) is -2.00. The lowest BCUT2D eigenvalue weighted by molar-refractivity contribution is -0.314. The zero-order valence-electron chi connectivity index (χ0n) is 7.50. The Morgan fingerprint density at radius 2 is 1.79 bits per heavy atom. The van der Waals surface area contributed by atoms with E-state index in [4.69, 9.17) is 25.6 Å². The molecule has 0 saturated heterocycles. The Hall–Kier alpha value is -0.250. The summed E-state index contributed by atoms with van der Waals surface area (Å²) in [6.45, 7) is 0.210. The summed E-state index contributed by atoms with van der Waals surface area (Å²) in [5.41, 5.74) is 5.12. The molecule has 0 bridgehead atoms. The van der Waals surface area contributed by atoms with E-state index in [-0.39, 0.29) is 13.0 Å². The molecule has 0 radical (unpaired) electrons. The Kier molecular flexibility index (Phi) is 4.92. The van der Waals surface area contributed by atoms with Crippen LogP contribution in [0.25, 0.3) is 0 Å². The molecule has 0 heterocycles. The quantitative estimate of drug-likeness (QED) is 0.262. The topological polar surface area (TPSA) is 141 Å². The minimum atomic E-state index is -4.41. The molecule has 86 valence electrons. The minimum Gasteiger partial charge on any atom is -0.344 e. The maximum Gasteiger partial charge on any atom is 0.276 e. The molecule has 1 atom stereocenters. The van der Waals surface area contributed by atoms with Crippen molar-refractivity contribution in [2.75, 3.05) is 6.54 Å². The number of hydrogen-bond donors (Lipinski definition) is 5. The molecule has 1 unspecified atom stereocenters. The van der Waals surface area contributed by atoms with Gasteiger partial charge in [-0.2, -0.15) is 8.42 Å². The second-order valence-electron chi connectivity index (χ2n) is 3.05. The van der Waals surface area contributed by atoms with Crippen molar-refractivity contribution in [3.05, 3.63) is 0 Å². The lowest BCUT2D eigenvalue weighted by Gasteiger charge is -2.19. The van der Waals surface area contributed by atoms with Crippen molar-refractivity contribution >= 4 is 10.1 Å². The van der Waals surface area contributed by atoms with Crippen LogP contribution in [-0.4, -0.2) is 46.1 Å². The second-order valence-corrected chi connectivity index (χ2v) is 4.74. The molecule has 0 aromatic heterocycles. The highest BCUT2D eigenvalue weighted by atomic mass is 32.2. The van der Waals surface area contributed by atoms with Crippen LogP contribution in [0, 0.1) is 0 Å². The van der Waals surface area contributed by atoms with Gasteiger partial charge >= 0.3 is 0 Å². The van der Waals surface area contributed by atoms with Gasteiger partial charge in [0.25, 0.3) is 16.1 Å². The molecule has 0 aromatic carbocycles. The molecule has 6 N–H and O–H groups in total. The van der Waals surface area contributed by atoms with Crippen molar-refractivity contribution in [2.45, 2.75) is 30.5 Å². The molecule has 0 amide bonds. The Bertz CT molecular complexity index is 256. The highest BCUT2D eigenvalue weighted by Crippen LogP contribution is 2.16. The van der Waals surface area contributed by atoms with Gasteiger partial charge in [0.15, 0.2) is 0 Å². The van der Waals surface area contributed by atoms with Gasteiger partial charge in [0.05, 0.1) is 5.25 Å². The lowest BCUT2D eigenvalue weighted by atomic mass is 10.1. The molecular weight excluding hydrogens is 214 g/mol. The summed E-state index contributed by atoms with van der Waals surface area (Å²) in [4.78, 5) is 0. The van der Waals surface area contributed by atoms with E-state index in [9.17, 15) is 8.42 Å². The van der Waals surface area contributed by atoms with Gasteiger partial charge < -0.3 is 21.1 Å². The van der Waals surface area contributed by atoms with Crippen LogP contribution in [0.1, 0.15) is 19.3 Å². The van der Waals surface area contributed by atoms with Gasteiger partial charge in [-0.1, -0.05) is 0 Å².